The number of fused-ring (bicyclic) bond motifs is 3. The molecule has 0 radical (unpaired) electrons. The molecule has 2 heterocycles. The van der Waals surface area contributed by atoms with Crippen molar-refractivity contribution in [1.82, 2.24) is 5.01 Å². The maximum atomic E-state index is 6.56. The first-order chi connectivity index (χ1) is 14.1. The molecule has 0 fully saturated rings. The zero-order valence-corrected chi connectivity index (χ0v) is 17.9. The molecule has 2 unspecified atom stereocenters. The molecule has 2 aliphatic rings. The molecule has 5 heteroatoms. The standard InChI is InChI=1S/C24H21BrN2O2/c1-24(17-9-11-18(25)12-10-17)27-22(20-5-3-4-6-23(20)29-24)15-21(26-27)16-7-13-19(28-2)14-8-16/h3-14,22H,15H2,1-2H3. The van der Waals surface area contributed by atoms with Crippen molar-refractivity contribution in [3.63, 3.8) is 0 Å². The normalized spacial score (nSPS) is 22.4. The molecule has 3 aromatic rings. The van der Waals surface area contributed by atoms with Gasteiger partial charge in [0.1, 0.15) is 11.5 Å². The SMILES string of the molecule is COc1ccc(C2=NN3C(C2)c2ccccc2OC3(C)c2ccc(Br)cc2)cc1. The van der Waals surface area contributed by atoms with Gasteiger partial charge in [-0.3, -0.25) is 0 Å². The number of hydrazone groups is 1. The van der Waals surface area contributed by atoms with Gasteiger partial charge in [0.05, 0.1) is 18.9 Å². The quantitative estimate of drug-likeness (QED) is 0.501. The van der Waals surface area contributed by atoms with Crippen molar-refractivity contribution in [1.29, 1.82) is 0 Å². The van der Waals surface area contributed by atoms with Gasteiger partial charge in [-0.1, -0.05) is 46.3 Å². The molecule has 2 atom stereocenters. The third kappa shape index (κ3) is 3.01. The van der Waals surface area contributed by atoms with Crippen molar-refractivity contribution < 1.29 is 9.47 Å². The van der Waals surface area contributed by atoms with Crippen LogP contribution in [-0.2, 0) is 5.72 Å². The second kappa shape index (κ2) is 6.92. The smallest absolute Gasteiger partial charge is 0.221 e. The predicted octanol–water partition coefficient (Wildman–Crippen LogP) is 5.87. The Morgan fingerprint density at radius 1 is 1.03 bits per heavy atom. The molecule has 146 valence electrons. The van der Waals surface area contributed by atoms with Gasteiger partial charge in [0.15, 0.2) is 0 Å². The second-order valence-corrected chi connectivity index (χ2v) is 8.39. The molecule has 0 saturated carbocycles. The van der Waals surface area contributed by atoms with E-state index in [0.29, 0.717) is 0 Å². The third-order valence-electron chi connectivity index (χ3n) is 5.74. The largest absolute Gasteiger partial charge is 0.497 e. The summed E-state index contributed by atoms with van der Waals surface area (Å²) in [7, 11) is 1.68. The molecule has 5 rings (SSSR count). The lowest BCUT2D eigenvalue weighted by molar-refractivity contribution is -0.112. The summed E-state index contributed by atoms with van der Waals surface area (Å²) in [5, 5.41) is 7.18. The molecule has 0 N–H and O–H groups in total. The maximum Gasteiger partial charge on any atom is 0.221 e. The number of ether oxygens (including phenoxy) is 2. The lowest BCUT2D eigenvalue weighted by Gasteiger charge is -2.46. The van der Waals surface area contributed by atoms with Crippen molar-refractivity contribution in [2.45, 2.75) is 25.1 Å². The van der Waals surface area contributed by atoms with Crippen molar-refractivity contribution in [3.05, 3.63) is 94.0 Å². The van der Waals surface area contributed by atoms with Gasteiger partial charge in [0, 0.05) is 28.9 Å². The van der Waals surface area contributed by atoms with E-state index in [2.05, 4.69) is 70.3 Å². The number of methoxy groups -OCH3 is 1. The Bertz CT molecular complexity index is 1080. The molecule has 0 aliphatic carbocycles. The van der Waals surface area contributed by atoms with Crippen LogP contribution in [-0.4, -0.2) is 17.8 Å². The molecule has 0 spiro atoms. The lowest BCUT2D eigenvalue weighted by Crippen LogP contribution is -2.48. The number of hydrogen-bond acceptors (Lipinski definition) is 4. The fraction of sp³-hybridized carbons (Fsp3) is 0.208. The highest BCUT2D eigenvalue weighted by Gasteiger charge is 2.48. The van der Waals surface area contributed by atoms with Gasteiger partial charge in [-0.05, 0) is 48.0 Å². The molecule has 0 bridgehead atoms. The van der Waals surface area contributed by atoms with Crippen LogP contribution >= 0.6 is 15.9 Å². The Balaban J connectivity index is 1.61. The molecule has 0 amide bonds. The molecule has 0 saturated heterocycles. The Morgan fingerprint density at radius 3 is 2.48 bits per heavy atom. The first-order valence-electron chi connectivity index (χ1n) is 9.64. The summed E-state index contributed by atoms with van der Waals surface area (Å²) in [6, 6.07) is 24.8. The summed E-state index contributed by atoms with van der Waals surface area (Å²) < 4.78 is 12.9. The van der Waals surface area contributed by atoms with Gasteiger partial charge >= 0.3 is 0 Å². The van der Waals surface area contributed by atoms with E-state index in [9.17, 15) is 0 Å². The van der Waals surface area contributed by atoms with Crippen molar-refractivity contribution in [2.24, 2.45) is 5.10 Å². The highest BCUT2D eigenvalue weighted by molar-refractivity contribution is 9.10. The van der Waals surface area contributed by atoms with Crippen LogP contribution in [0.15, 0.2) is 82.4 Å². The van der Waals surface area contributed by atoms with Crippen LogP contribution in [0.1, 0.15) is 36.1 Å². The van der Waals surface area contributed by atoms with Gasteiger partial charge in [-0.25, -0.2) is 5.01 Å². The van der Waals surface area contributed by atoms with Gasteiger partial charge in [0.2, 0.25) is 5.72 Å². The van der Waals surface area contributed by atoms with Crippen LogP contribution in [0.25, 0.3) is 0 Å². The summed E-state index contributed by atoms with van der Waals surface area (Å²) in [5.74, 6) is 1.77. The van der Waals surface area contributed by atoms with E-state index >= 15 is 0 Å². The molecular formula is C24H21BrN2O2. The Morgan fingerprint density at radius 2 is 1.76 bits per heavy atom. The van der Waals surface area contributed by atoms with Gasteiger partial charge in [-0.2, -0.15) is 5.10 Å². The van der Waals surface area contributed by atoms with Crippen LogP contribution in [0.2, 0.25) is 0 Å². The monoisotopic (exact) mass is 448 g/mol. The zero-order valence-electron chi connectivity index (χ0n) is 16.3. The summed E-state index contributed by atoms with van der Waals surface area (Å²) in [6.45, 7) is 2.10. The van der Waals surface area contributed by atoms with Gasteiger partial charge in [0.25, 0.3) is 0 Å². The maximum absolute atomic E-state index is 6.56. The molecule has 3 aromatic carbocycles. The third-order valence-corrected chi connectivity index (χ3v) is 6.27. The number of halogens is 1. The fourth-order valence-electron chi connectivity index (χ4n) is 4.16. The highest BCUT2D eigenvalue weighted by atomic mass is 79.9. The molecular weight excluding hydrogens is 428 g/mol. The summed E-state index contributed by atoms with van der Waals surface area (Å²) in [6.07, 6.45) is 0.832. The van der Waals surface area contributed by atoms with E-state index < -0.39 is 5.72 Å². The number of nitrogens with zero attached hydrogens (tertiary/aromatic N) is 2. The predicted molar refractivity (Wildman–Crippen MR) is 117 cm³/mol. The average Bonchev–Trinajstić information content (AvgIpc) is 3.21. The second-order valence-electron chi connectivity index (χ2n) is 7.47. The van der Waals surface area contributed by atoms with E-state index in [4.69, 9.17) is 14.6 Å². The molecule has 0 aromatic heterocycles. The van der Waals surface area contributed by atoms with Crippen LogP contribution in [0.4, 0.5) is 0 Å². The van der Waals surface area contributed by atoms with Crippen molar-refractivity contribution in [2.75, 3.05) is 7.11 Å². The topological polar surface area (TPSA) is 34.1 Å². The first-order valence-corrected chi connectivity index (χ1v) is 10.4. The minimum atomic E-state index is -0.687. The zero-order chi connectivity index (χ0) is 20.0. The minimum absolute atomic E-state index is 0.130. The van der Waals surface area contributed by atoms with E-state index in [1.165, 1.54) is 5.56 Å². The van der Waals surface area contributed by atoms with E-state index in [-0.39, 0.29) is 6.04 Å². The average molecular weight is 449 g/mol. The number of para-hydroxylation sites is 1. The number of hydrogen-bond donors (Lipinski definition) is 0. The Labute approximate surface area is 178 Å². The van der Waals surface area contributed by atoms with E-state index in [1.807, 2.05) is 30.3 Å². The molecule has 2 aliphatic heterocycles. The first kappa shape index (κ1) is 18.3. The minimum Gasteiger partial charge on any atom is -0.497 e. The number of rotatable bonds is 3. The Kier molecular flexibility index (Phi) is 4.36. The van der Waals surface area contributed by atoms with Crippen LogP contribution < -0.4 is 9.47 Å². The number of benzene rings is 3. The van der Waals surface area contributed by atoms with Crippen molar-refractivity contribution in [3.8, 4) is 11.5 Å². The van der Waals surface area contributed by atoms with Crippen LogP contribution in [0.5, 0.6) is 11.5 Å². The fourth-order valence-corrected chi connectivity index (χ4v) is 4.43. The Hall–Kier alpha value is -2.79. The molecule has 29 heavy (non-hydrogen) atoms. The highest BCUT2D eigenvalue weighted by Crippen LogP contribution is 2.50. The van der Waals surface area contributed by atoms with E-state index in [1.54, 1.807) is 7.11 Å². The lowest BCUT2D eigenvalue weighted by atomic mass is 9.92. The summed E-state index contributed by atoms with van der Waals surface area (Å²) in [4.78, 5) is 0. The van der Waals surface area contributed by atoms with Crippen LogP contribution in [0, 0.1) is 0 Å². The van der Waals surface area contributed by atoms with Crippen LogP contribution in [0.3, 0.4) is 0 Å². The van der Waals surface area contributed by atoms with E-state index in [0.717, 1.165) is 39.2 Å². The summed E-state index contributed by atoms with van der Waals surface area (Å²) >= 11 is 3.53. The molecule has 4 nitrogen and oxygen atoms in total. The van der Waals surface area contributed by atoms with Crippen molar-refractivity contribution >= 4 is 21.6 Å². The summed E-state index contributed by atoms with van der Waals surface area (Å²) in [5.41, 5.74) is 3.72. The van der Waals surface area contributed by atoms with Gasteiger partial charge in [-0.15, -0.1) is 0 Å². The van der Waals surface area contributed by atoms with Gasteiger partial charge < -0.3 is 9.47 Å².